The number of benzene rings is 1. The second-order valence-corrected chi connectivity index (χ2v) is 4.69. The van der Waals surface area contributed by atoms with Crippen molar-refractivity contribution in [1.29, 1.82) is 0 Å². The first-order valence-electron chi connectivity index (χ1n) is 6.47. The summed E-state index contributed by atoms with van der Waals surface area (Å²) in [4.78, 5) is 11.6. The van der Waals surface area contributed by atoms with Crippen LogP contribution in [-0.4, -0.2) is 18.6 Å². The fraction of sp³-hybridized carbons (Fsp3) is 0.500. The third-order valence-corrected chi connectivity index (χ3v) is 3.19. The average Bonchev–Trinajstić information content (AvgIpc) is 2.89. The molecule has 0 aliphatic carbocycles. The molecule has 0 saturated carbocycles. The molecule has 1 fully saturated rings. The molecule has 1 aliphatic rings. The molecule has 0 aromatic heterocycles. The number of nitrogen functional groups attached to an aromatic ring is 1. The van der Waals surface area contributed by atoms with Crippen molar-refractivity contribution in [3.8, 4) is 0 Å². The van der Waals surface area contributed by atoms with Gasteiger partial charge in [-0.25, -0.2) is 0 Å². The van der Waals surface area contributed by atoms with E-state index in [0.29, 0.717) is 13.0 Å². The standard InChI is InChI=1S/C14H20N2O2/c15-12-5-3-11(4-6-12)10-16-14(17)8-7-13-2-1-9-18-13/h3-6,13H,1-2,7-10,15H2,(H,16,17). The van der Waals surface area contributed by atoms with Crippen LogP contribution in [0.25, 0.3) is 0 Å². The van der Waals surface area contributed by atoms with E-state index >= 15 is 0 Å². The lowest BCUT2D eigenvalue weighted by Crippen LogP contribution is -2.23. The Kier molecular flexibility index (Phi) is 4.59. The van der Waals surface area contributed by atoms with Crippen molar-refractivity contribution in [1.82, 2.24) is 5.32 Å². The highest BCUT2D eigenvalue weighted by atomic mass is 16.5. The second-order valence-electron chi connectivity index (χ2n) is 4.69. The van der Waals surface area contributed by atoms with Crippen molar-refractivity contribution in [2.75, 3.05) is 12.3 Å². The molecule has 3 N–H and O–H groups in total. The molecule has 2 rings (SSSR count). The Labute approximate surface area is 108 Å². The Hall–Kier alpha value is -1.55. The highest BCUT2D eigenvalue weighted by Crippen LogP contribution is 2.16. The van der Waals surface area contributed by atoms with Gasteiger partial charge in [0.25, 0.3) is 0 Å². The average molecular weight is 248 g/mol. The first kappa shape index (κ1) is 12.9. The smallest absolute Gasteiger partial charge is 0.220 e. The normalized spacial score (nSPS) is 18.8. The molecule has 1 heterocycles. The maximum absolute atomic E-state index is 11.6. The van der Waals surface area contributed by atoms with Crippen molar-refractivity contribution in [2.45, 2.75) is 38.3 Å². The number of nitrogens with two attached hydrogens (primary N) is 1. The molecule has 1 unspecified atom stereocenters. The number of carbonyl (C=O) groups excluding carboxylic acids is 1. The van der Waals surface area contributed by atoms with E-state index in [-0.39, 0.29) is 12.0 Å². The number of anilines is 1. The van der Waals surface area contributed by atoms with Gasteiger partial charge in [0, 0.05) is 25.3 Å². The summed E-state index contributed by atoms with van der Waals surface area (Å²) >= 11 is 0. The zero-order valence-corrected chi connectivity index (χ0v) is 10.5. The first-order valence-corrected chi connectivity index (χ1v) is 6.47. The first-order chi connectivity index (χ1) is 8.74. The molecular weight excluding hydrogens is 228 g/mol. The summed E-state index contributed by atoms with van der Waals surface area (Å²) in [5.74, 6) is 0.0855. The van der Waals surface area contributed by atoms with E-state index < -0.39 is 0 Å². The SMILES string of the molecule is Nc1ccc(CNC(=O)CCC2CCCO2)cc1. The predicted molar refractivity (Wildman–Crippen MR) is 70.9 cm³/mol. The van der Waals surface area contributed by atoms with Gasteiger partial charge in [-0.15, -0.1) is 0 Å². The lowest BCUT2D eigenvalue weighted by molar-refractivity contribution is -0.121. The Bertz CT molecular complexity index is 383. The van der Waals surface area contributed by atoms with Crippen molar-refractivity contribution in [2.24, 2.45) is 0 Å². The van der Waals surface area contributed by atoms with Gasteiger partial charge >= 0.3 is 0 Å². The molecule has 0 spiro atoms. The quantitative estimate of drug-likeness (QED) is 0.781. The molecular formula is C14H20N2O2. The molecule has 0 radical (unpaired) electrons. The van der Waals surface area contributed by atoms with E-state index in [2.05, 4.69) is 5.32 Å². The molecule has 18 heavy (non-hydrogen) atoms. The van der Waals surface area contributed by atoms with E-state index in [9.17, 15) is 4.79 Å². The molecule has 1 atom stereocenters. The molecule has 1 saturated heterocycles. The van der Waals surface area contributed by atoms with E-state index in [4.69, 9.17) is 10.5 Å². The van der Waals surface area contributed by atoms with Gasteiger partial charge in [-0.1, -0.05) is 12.1 Å². The minimum absolute atomic E-state index is 0.0855. The summed E-state index contributed by atoms with van der Waals surface area (Å²) in [5, 5.41) is 2.91. The maximum atomic E-state index is 11.6. The second kappa shape index (κ2) is 6.40. The third-order valence-electron chi connectivity index (χ3n) is 3.19. The fourth-order valence-electron chi connectivity index (χ4n) is 2.09. The lowest BCUT2D eigenvalue weighted by Gasteiger charge is -2.09. The van der Waals surface area contributed by atoms with Crippen molar-refractivity contribution in [3.63, 3.8) is 0 Å². The molecule has 98 valence electrons. The van der Waals surface area contributed by atoms with E-state index in [1.54, 1.807) is 0 Å². The Balaban J connectivity index is 1.66. The van der Waals surface area contributed by atoms with Crippen LogP contribution in [0.15, 0.2) is 24.3 Å². The number of carbonyl (C=O) groups is 1. The zero-order valence-electron chi connectivity index (χ0n) is 10.5. The number of rotatable bonds is 5. The Morgan fingerprint density at radius 1 is 1.39 bits per heavy atom. The minimum Gasteiger partial charge on any atom is -0.399 e. The van der Waals surface area contributed by atoms with E-state index in [1.807, 2.05) is 24.3 Å². The van der Waals surface area contributed by atoms with E-state index in [0.717, 1.165) is 37.1 Å². The van der Waals surface area contributed by atoms with Crippen LogP contribution in [0.2, 0.25) is 0 Å². The van der Waals surface area contributed by atoms with E-state index in [1.165, 1.54) is 0 Å². The van der Waals surface area contributed by atoms with Crippen LogP contribution in [0.5, 0.6) is 0 Å². The number of nitrogens with one attached hydrogen (secondary N) is 1. The lowest BCUT2D eigenvalue weighted by atomic mass is 10.1. The summed E-state index contributed by atoms with van der Waals surface area (Å²) in [6.45, 7) is 1.41. The molecule has 1 aromatic carbocycles. The van der Waals surface area contributed by atoms with Crippen LogP contribution in [-0.2, 0) is 16.1 Å². The fourth-order valence-corrected chi connectivity index (χ4v) is 2.09. The highest BCUT2D eigenvalue weighted by molar-refractivity contribution is 5.75. The van der Waals surface area contributed by atoms with Gasteiger partial charge < -0.3 is 15.8 Å². The monoisotopic (exact) mass is 248 g/mol. The topological polar surface area (TPSA) is 64.3 Å². The summed E-state index contributed by atoms with van der Waals surface area (Å²) in [5.41, 5.74) is 7.40. The van der Waals surface area contributed by atoms with Gasteiger partial charge in [-0.3, -0.25) is 4.79 Å². The summed E-state index contributed by atoms with van der Waals surface area (Å²) in [6, 6.07) is 7.53. The van der Waals surface area contributed by atoms with Gasteiger partial charge in [0.05, 0.1) is 6.10 Å². The van der Waals surface area contributed by atoms with Gasteiger partial charge in [0.15, 0.2) is 0 Å². The summed E-state index contributed by atoms with van der Waals surface area (Å²) < 4.78 is 5.49. The van der Waals surface area contributed by atoms with Crippen LogP contribution in [0.1, 0.15) is 31.2 Å². The largest absolute Gasteiger partial charge is 0.399 e. The van der Waals surface area contributed by atoms with Crippen LogP contribution >= 0.6 is 0 Å². The van der Waals surface area contributed by atoms with Crippen LogP contribution in [0.3, 0.4) is 0 Å². The van der Waals surface area contributed by atoms with Gasteiger partial charge in [-0.05, 0) is 37.0 Å². The van der Waals surface area contributed by atoms with Crippen molar-refractivity contribution < 1.29 is 9.53 Å². The molecule has 1 amide bonds. The number of hydrogen-bond acceptors (Lipinski definition) is 3. The molecule has 1 aromatic rings. The van der Waals surface area contributed by atoms with Gasteiger partial charge in [-0.2, -0.15) is 0 Å². The Morgan fingerprint density at radius 2 is 2.17 bits per heavy atom. The van der Waals surface area contributed by atoms with Crippen LogP contribution < -0.4 is 11.1 Å². The summed E-state index contributed by atoms with van der Waals surface area (Å²) in [6.07, 6.45) is 3.86. The maximum Gasteiger partial charge on any atom is 0.220 e. The minimum atomic E-state index is 0.0855. The predicted octanol–water partition coefficient (Wildman–Crippen LogP) is 1.84. The van der Waals surface area contributed by atoms with Crippen molar-refractivity contribution >= 4 is 11.6 Å². The number of amides is 1. The zero-order chi connectivity index (χ0) is 12.8. The third kappa shape index (κ3) is 4.04. The number of ether oxygens (including phenoxy) is 1. The Morgan fingerprint density at radius 3 is 2.83 bits per heavy atom. The van der Waals surface area contributed by atoms with Crippen molar-refractivity contribution in [3.05, 3.63) is 29.8 Å². The van der Waals surface area contributed by atoms with Gasteiger partial charge in [0.1, 0.15) is 0 Å². The molecule has 4 nitrogen and oxygen atoms in total. The summed E-state index contributed by atoms with van der Waals surface area (Å²) in [7, 11) is 0. The molecule has 1 aliphatic heterocycles. The molecule has 0 bridgehead atoms. The highest BCUT2D eigenvalue weighted by Gasteiger charge is 2.16. The van der Waals surface area contributed by atoms with Crippen LogP contribution in [0, 0.1) is 0 Å². The van der Waals surface area contributed by atoms with Crippen LogP contribution in [0.4, 0.5) is 5.69 Å². The molecule has 4 heteroatoms. The van der Waals surface area contributed by atoms with Gasteiger partial charge in [0.2, 0.25) is 5.91 Å². The number of hydrogen-bond donors (Lipinski definition) is 2.